The summed E-state index contributed by atoms with van der Waals surface area (Å²) in [5.74, 6) is 0.715. The Bertz CT molecular complexity index is 1560. The first-order valence-electron chi connectivity index (χ1n) is 10.2. The van der Waals surface area contributed by atoms with E-state index in [1.165, 1.54) is 3.97 Å². The van der Waals surface area contributed by atoms with Crippen molar-refractivity contribution in [3.05, 3.63) is 79.0 Å². The van der Waals surface area contributed by atoms with Crippen molar-refractivity contribution in [3.8, 4) is 0 Å². The lowest BCUT2D eigenvalue weighted by Crippen LogP contribution is -2.51. The molecule has 0 aliphatic carbocycles. The number of hydrogen-bond acceptors (Lipinski definition) is 5. The molecule has 1 saturated heterocycles. The molecule has 2 aromatic heterocycles. The summed E-state index contributed by atoms with van der Waals surface area (Å²) in [5.41, 5.74) is 1.41. The lowest BCUT2D eigenvalue weighted by atomic mass is 10.1. The van der Waals surface area contributed by atoms with Crippen LogP contribution in [0.2, 0.25) is 0 Å². The Labute approximate surface area is 179 Å². The summed E-state index contributed by atoms with van der Waals surface area (Å²) in [6.07, 6.45) is 1.64. The Morgan fingerprint density at radius 3 is 2.42 bits per heavy atom. The van der Waals surface area contributed by atoms with E-state index in [1.54, 1.807) is 18.3 Å². The Morgan fingerprint density at radius 1 is 0.871 bits per heavy atom. The van der Waals surface area contributed by atoms with Gasteiger partial charge in [-0.25, -0.2) is 17.4 Å². The van der Waals surface area contributed by atoms with E-state index in [-0.39, 0.29) is 6.04 Å². The minimum absolute atomic E-state index is 0.287. The number of aromatic nitrogens is 2. The molecular weight excluding hydrogens is 408 g/mol. The lowest BCUT2D eigenvalue weighted by molar-refractivity contribution is 0.471. The molecule has 5 aromatic rings. The molecule has 1 aliphatic heterocycles. The summed E-state index contributed by atoms with van der Waals surface area (Å²) in [6, 6.07) is 22.7. The van der Waals surface area contributed by atoms with Gasteiger partial charge in [0.15, 0.2) is 0 Å². The molecule has 7 heteroatoms. The summed E-state index contributed by atoms with van der Waals surface area (Å²) in [6.45, 7) is 1.73. The topological polar surface area (TPSA) is 76.0 Å². The summed E-state index contributed by atoms with van der Waals surface area (Å²) in [4.78, 5) is 5.09. The average molecular weight is 429 g/mol. The summed E-state index contributed by atoms with van der Waals surface area (Å²) >= 11 is 0. The van der Waals surface area contributed by atoms with Gasteiger partial charge >= 0.3 is 0 Å². The highest BCUT2D eigenvalue weighted by Gasteiger charge is 2.25. The van der Waals surface area contributed by atoms with Crippen LogP contribution in [0.3, 0.4) is 0 Å². The number of hydrogen-bond donors (Lipinski definition) is 2. The molecule has 0 radical (unpaired) electrons. The number of nitrogens with zero attached hydrogens (tertiary/aromatic N) is 2. The van der Waals surface area contributed by atoms with Crippen molar-refractivity contribution in [2.75, 3.05) is 18.4 Å². The summed E-state index contributed by atoms with van der Waals surface area (Å²) in [5, 5.41) is 9.93. The van der Waals surface area contributed by atoms with Crippen molar-refractivity contribution in [2.24, 2.45) is 0 Å². The molecule has 0 unspecified atom stereocenters. The van der Waals surface area contributed by atoms with Crippen molar-refractivity contribution >= 4 is 48.4 Å². The predicted octanol–water partition coefficient (Wildman–Crippen LogP) is 3.96. The molecular formula is C24H20N4O2S. The van der Waals surface area contributed by atoms with Crippen LogP contribution in [0, 0.1) is 0 Å². The van der Waals surface area contributed by atoms with E-state index < -0.39 is 10.0 Å². The minimum atomic E-state index is -3.83. The number of para-hydroxylation sites is 1. The van der Waals surface area contributed by atoms with E-state index in [4.69, 9.17) is 4.98 Å². The van der Waals surface area contributed by atoms with Crippen LogP contribution in [0.25, 0.3) is 32.6 Å². The van der Waals surface area contributed by atoms with Crippen molar-refractivity contribution in [3.63, 3.8) is 0 Å². The van der Waals surface area contributed by atoms with Gasteiger partial charge in [-0.1, -0.05) is 54.6 Å². The zero-order valence-electron chi connectivity index (χ0n) is 16.6. The van der Waals surface area contributed by atoms with Crippen LogP contribution in [-0.4, -0.2) is 36.5 Å². The van der Waals surface area contributed by atoms with Crippen LogP contribution in [0.4, 0.5) is 5.82 Å². The molecule has 0 spiro atoms. The van der Waals surface area contributed by atoms with Gasteiger partial charge in [0.2, 0.25) is 0 Å². The van der Waals surface area contributed by atoms with E-state index in [1.807, 2.05) is 60.7 Å². The highest BCUT2D eigenvalue weighted by Crippen LogP contribution is 2.34. The molecule has 0 saturated carbocycles. The van der Waals surface area contributed by atoms with Crippen LogP contribution in [0.1, 0.15) is 0 Å². The summed E-state index contributed by atoms with van der Waals surface area (Å²) < 4.78 is 29.2. The van der Waals surface area contributed by atoms with Crippen LogP contribution in [0.5, 0.6) is 0 Å². The van der Waals surface area contributed by atoms with Gasteiger partial charge < -0.3 is 10.6 Å². The third-order valence-electron chi connectivity index (χ3n) is 5.91. The van der Waals surface area contributed by atoms with Crippen molar-refractivity contribution in [1.82, 2.24) is 14.3 Å². The number of fused-ring (bicyclic) bond motifs is 4. The van der Waals surface area contributed by atoms with Gasteiger partial charge in [-0.15, -0.1) is 0 Å². The minimum Gasteiger partial charge on any atom is -0.364 e. The van der Waals surface area contributed by atoms with Gasteiger partial charge in [-0.3, -0.25) is 0 Å². The van der Waals surface area contributed by atoms with Gasteiger partial charge in [0.05, 0.1) is 22.0 Å². The molecule has 0 atom stereocenters. The van der Waals surface area contributed by atoms with E-state index in [2.05, 4.69) is 10.6 Å². The zero-order valence-corrected chi connectivity index (χ0v) is 17.4. The first kappa shape index (κ1) is 18.4. The fraction of sp³-hybridized carbons (Fsp3) is 0.125. The van der Waals surface area contributed by atoms with Gasteiger partial charge in [0.25, 0.3) is 10.0 Å². The highest BCUT2D eigenvalue weighted by atomic mass is 32.2. The van der Waals surface area contributed by atoms with E-state index in [9.17, 15) is 8.42 Å². The number of pyridine rings is 1. The molecule has 154 valence electrons. The molecule has 31 heavy (non-hydrogen) atoms. The van der Waals surface area contributed by atoms with Crippen LogP contribution in [0.15, 0.2) is 83.9 Å². The quantitative estimate of drug-likeness (QED) is 0.453. The second kappa shape index (κ2) is 6.80. The van der Waals surface area contributed by atoms with E-state index in [0.29, 0.717) is 21.6 Å². The average Bonchev–Trinajstić information content (AvgIpc) is 3.22. The molecule has 0 bridgehead atoms. The third kappa shape index (κ3) is 2.81. The van der Waals surface area contributed by atoms with E-state index >= 15 is 0 Å². The van der Waals surface area contributed by atoms with E-state index in [0.717, 1.165) is 34.8 Å². The van der Waals surface area contributed by atoms with Gasteiger partial charge in [0, 0.05) is 35.4 Å². The fourth-order valence-electron chi connectivity index (χ4n) is 4.24. The first-order chi connectivity index (χ1) is 15.1. The Balaban J connectivity index is 1.64. The van der Waals surface area contributed by atoms with Gasteiger partial charge in [0.1, 0.15) is 5.82 Å². The maximum Gasteiger partial charge on any atom is 0.268 e. The molecule has 2 N–H and O–H groups in total. The normalized spacial score (nSPS) is 14.8. The number of nitrogens with one attached hydrogen (secondary N) is 2. The van der Waals surface area contributed by atoms with Crippen LogP contribution >= 0.6 is 0 Å². The Hall–Kier alpha value is -3.42. The fourth-order valence-corrected chi connectivity index (χ4v) is 5.83. The standard InChI is InChI=1S/C24H20N4O2S/c29-31(30,22-11-5-7-16-6-1-2-8-18(16)22)28-13-12-20-23(28)19-9-3-4-10-21(19)27-24(20)26-17-14-25-15-17/h1-13,17,25H,14-15H2,(H,26,27). The number of benzene rings is 3. The summed E-state index contributed by atoms with van der Waals surface area (Å²) in [7, 11) is -3.83. The van der Waals surface area contributed by atoms with Crippen LogP contribution in [-0.2, 0) is 10.0 Å². The third-order valence-corrected chi connectivity index (χ3v) is 7.64. The number of rotatable bonds is 4. The second-order valence-electron chi connectivity index (χ2n) is 7.83. The van der Waals surface area contributed by atoms with Crippen molar-refractivity contribution < 1.29 is 8.42 Å². The van der Waals surface area contributed by atoms with Crippen molar-refractivity contribution in [2.45, 2.75) is 10.9 Å². The first-order valence-corrected chi connectivity index (χ1v) is 11.7. The predicted molar refractivity (Wildman–Crippen MR) is 124 cm³/mol. The SMILES string of the molecule is O=S(=O)(c1cccc2ccccc12)n1ccc2c(NC3CNC3)nc3ccccc3c21. The monoisotopic (exact) mass is 428 g/mol. The maximum absolute atomic E-state index is 13.9. The Kier molecular flexibility index (Phi) is 4.03. The number of anilines is 1. The lowest BCUT2D eigenvalue weighted by Gasteiger charge is -2.28. The molecule has 1 aliphatic rings. The molecule has 1 fully saturated rings. The molecule has 3 aromatic carbocycles. The smallest absolute Gasteiger partial charge is 0.268 e. The van der Waals surface area contributed by atoms with Gasteiger partial charge in [-0.05, 0) is 23.6 Å². The van der Waals surface area contributed by atoms with Crippen molar-refractivity contribution in [1.29, 1.82) is 0 Å². The molecule has 3 heterocycles. The molecule has 6 nitrogen and oxygen atoms in total. The van der Waals surface area contributed by atoms with Crippen LogP contribution < -0.4 is 10.6 Å². The molecule has 6 rings (SSSR count). The zero-order chi connectivity index (χ0) is 21.0. The maximum atomic E-state index is 13.9. The largest absolute Gasteiger partial charge is 0.364 e. The van der Waals surface area contributed by atoms with Gasteiger partial charge in [-0.2, -0.15) is 0 Å². The Morgan fingerprint density at radius 2 is 1.61 bits per heavy atom. The highest BCUT2D eigenvalue weighted by molar-refractivity contribution is 7.90. The second-order valence-corrected chi connectivity index (χ2v) is 9.62. The molecule has 0 amide bonds.